The molecule has 1 spiro atoms. The highest BCUT2D eigenvalue weighted by molar-refractivity contribution is 5.88. The molecule has 4 rings (SSSR count). The molecule has 0 aliphatic carbocycles. The van der Waals surface area contributed by atoms with Crippen LogP contribution in [0.5, 0.6) is 0 Å². The van der Waals surface area contributed by atoms with Gasteiger partial charge >= 0.3 is 6.03 Å². The lowest BCUT2D eigenvalue weighted by Crippen LogP contribution is -2.57. The number of carbonyl (C=O) groups excluding carboxylic acids is 1. The third-order valence-corrected chi connectivity index (χ3v) is 5.69. The number of amides is 2. The molecule has 2 aromatic rings. The topological polar surface area (TPSA) is 68.6 Å². The maximum atomic E-state index is 13.0. The van der Waals surface area contributed by atoms with Crippen molar-refractivity contribution in [2.45, 2.75) is 51.4 Å². The molecule has 0 saturated carbocycles. The highest BCUT2D eigenvalue weighted by atomic mass is 16.6. The van der Waals surface area contributed by atoms with E-state index in [0.717, 1.165) is 12.0 Å². The number of benzene rings is 1. The molecule has 3 heterocycles. The number of aromatic nitrogens is 2. The summed E-state index contributed by atoms with van der Waals surface area (Å²) in [6.45, 7) is 9.33. The molecule has 2 fully saturated rings. The van der Waals surface area contributed by atoms with Gasteiger partial charge in [0.25, 0.3) is 0 Å². The van der Waals surface area contributed by atoms with Crippen molar-refractivity contribution >= 4 is 11.8 Å². The Morgan fingerprint density at radius 1 is 1.31 bits per heavy atom. The Labute approximate surface area is 172 Å². The van der Waals surface area contributed by atoms with E-state index in [9.17, 15) is 4.79 Å². The second-order valence-electron chi connectivity index (χ2n) is 8.50. The van der Waals surface area contributed by atoms with Gasteiger partial charge in [0, 0.05) is 25.6 Å². The second-order valence-corrected chi connectivity index (χ2v) is 8.50. The third-order valence-electron chi connectivity index (χ3n) is 5.69. The van der Waals surface area contributed by atoms with Crippen LogP contribution in [-0.2, 0) is 16.0 Å². The molecule has 1 aromatic heterocycles. The van der Waals surface area contributed by atoms with Crippen LogP contribution < -0.4 is 5.32 Å². The van der Waals surface area contributed by atoms with Crippen molar-refractivity contribution in [3.63, 3.8) is 0 Å². The molecular formula is C22H30N4O3. The van der Waals surface area contributed by atoms with E-state index in [1.165, 1.54) is 5.56 Å². The van der Waals surface area contributed by atoms with Crippen LogP contribution in [0.3, 0.4) is 0 Å². The monoisotopic (exact) mass is 398 g/mol. The van der Waals surface area contributed by atoms with Crippen LogP contribution in [0.15, 0.2) is 36.5 Å². The standard InChI is InChI=1S/C22H30N4O3/c1-16(2)19-6-4-18(5-7-19)13-26-20(8-10-23-26)24-21(27)25-12-17(3)29-22(14-25)9-11-28-15-22/h4-8,10,16-17H,9,11-15H2,1-3H3,(H,24,27). The number of rotatable bonds is 4. The fourth-order valence-corrected chi connectivity index (χ4v) is 4.12. The summed E-state index contributed by atoms with van der Waals surface area (Å²) in [7, 11) is 0. The lowest BCUT2D eigenvalue weighted by Gasteiger charge is -2.42. The smallest absolute Gasteiger partial charge is 0.323 e. The van der Waals surface area contributed by atoms with Crippen molar-refractivity contribution in [3.8, 4) is 0 Å². The number of nitrogens with zero attached hydrogens (tertiary/aromatic N) is 3. The Morgan fingerprint density at radius 3 is 2.79 bits per heavy atom. The summed E-state index contributed by atoms with van der Waals surface area (Å²) < 4.78 is 13.5. The maximum absolute atomic E-state index is 13.0. The summed E-state index contributed by atoms with van der Waals surface area (Å²) in [5.74, 6) is 1.20. The normalized spacial score (nSPS) is 24.4. The molecule has 7 heteroatoms. The first kappa shape index (κ1) is 19.9. The third kappa shape index (κ3) is 4.46. The molecule has 2 atom stereocenters. The van der Waals surface area contributed by atoms with Crippen molar-refractivity contribution in [2.24, 2.45) is 0 Å². The molecule has 0 radical (unpaired) electrons. The van der Waals surface area contributed by atoms with Crippen molar-refractivity contribution in [2.75, 3.05) is 31.6 Å². The zero-order valence-electron chi connectivity index (χ0n) is 17.4. The molecule has 2 unspecified atom stereocenters. The molecule has 1 N–H and O–H groups in total. The Hall–Kier alpha value is -2.38. The van der Waals surface area contributed by atoms with Crippen LogP contribution in [0, 0.1) is 0 Å². The number of ether oxygens (including phenoxy) is 2. The number of morpholine rings is 1. The van der Waals surface area contributed by atoms with Gasteiger partial charge < -0.3 is 14.4 Å². The van der Waals surface area contributed by atoms with Gasteiger partial charge in [-0.25, -0.2) is 9.48 Å². The summed E-state index contributed by atoms with van der Waals surface area (Å²) in [5.41, 5.74) is 2.09. The van der Waals surface area contributed by atoms with Crippen molar-refractivity contribution < 1.29 is 14.3 Å². The van der Waals surface area contributed by atoms with Gasteiger partial charge in [-0.05, 0) is 24.0 Å². The Morgan fingerprint density at radius 2 is 2.10 bits per heavy atom. The molecule has 2 aliphatic heterocycles. The predicted octanol–water partition coefficient (Wildman–Crippen LogP) is 3.47. The minimum Gasteiger partial charge on any atom is -0.378 e. The Kier molecular flexibility index (Phi) is 5.61. The summed E-state index contributed by atoms with van der Waals surface area (Å²) >= 11 is 0. The van der Waals surface area contributed by atoms with Gasteiger partial charge in [-0.1, -0.05) is 38.1 Å². The Balaban J connectivity index is 1.42. The minimum atomic E-state index is -0.368. The molecule has 2 aliphatic rings. The lowest BCUT2D eigenvalue weighted by atomic mass is 9.99. The molecular weight excluding hydrogens is 368 g/mol. The zero-order valence-corrected chi connectivity index (χ0v) is 17.4. The maximum Gasteiger partial charge on any atom is 0.323 e. The SMILES string of the molecule is CC1CN(C(=O)Nc2ccnn2Cc2ccc(C(C)C)cc2)CC2(CCOC2)O1. The van der Waals surface area contributed by atoms with E-state index in [4.69, 9.17) is 9.47 Å². The summed E-state index contributed by atoms with van der Waals surface area (Å²) in [5, 5.41) is 7.42. The van der Waals surface area contributed by atoms with Crippen LogP contribution >= 0.6 is 0 Å². The molecule has 0 bridgehead atoms. The van der Waals surface area contributed by atoms with Crippen LogP contribution in [0.4, 0.5) is 10.6 Å². The number of carbonyl (C=O) groups is 1. The van der Waals surface area contributed by atoms with E-state index >= 15 is 0 Å². The molecule has 2 saturated heterocycles. The van der Waals surface area contributed by atoms with Gasteiger partial charge in [-0.15, -0.1) is 0 Å². The average Bonchev–Trinajstić information content (AvgIpc) is 3.31. The van der Waals surface area contributed by atoms with Crippen LogP contribution in [0.1, 0.15) is 44.2 Å². The van der Waals surface area contributed by atoms with Gasteiger partial charge in [0.2, 0.25) is 0 Å². The van der Waals surface area contributed by atoms with Gasteiger partial charge in [-0.2, -0.15) is 5.10 Å². The van der Waals surface area contributed by atoms with Crippen LogP contribution in [0.25, 0.3) is 0 Å². The average molecular weight is 399 g/mol. The number of nitrogens with one attached hydrogen (secondary N) is 1. The lowest BCUT2D eigenvalue weighted by molar-refractivity contribution is -0.136. The molecule has 29 heavy (non-hydrogen) atoms. The van der Waals surface area contributed by atoms with Gasteiger partial charge in [0.15, 0.2) is 0 Å². The molecule has 2 amide bonds. The van der Waals surface area contributed by atoms with Crippen LogP contribution in [-0.4, -0.2) is 58.7 Å². The Bertz CT molecular complexity index is 840. The first-order chi connectivity index (χ1) is 13.9. The van der Waals surface area contributed by atoms with E-state index < -0.39 is 0 Å². The highest BCUT2D eigenvalue weighted by Crippen LogP contribution is 2.30. The largest absolute Gasteiger partial charge is 0.378 e. The van der Waals surface area contributed by atoms with Gasteiger partial charge in [0.05, 0.1) is 32.0 Å². The number of urea groups is 1. The molecule has 7 nitrogen and oxygen atoms in total. The quantitative estimate of drug-likeness (QED) is 0.856. The summed E-state index contributed by atoms with van der Waals surface area (Å²) in [4.78, 5) is 14.8. The minimum absolute atomic E-state index is 0.0133. The predicted molar refractivity (Wildman–Crippen MR) is 111 cm³/mol. The first-order valence-corrected chi connectivity index (χ1v) is 10.4. The van der Waals surface area contributed by atoms with Gasteiger partial charge in [0.1, 0.15) is 11.4 Å². The fourth-order valence-electron chi connectivity index (χ4n) is 4.12. The molecule has 1 aromatic carbocycles. The van der Waals surface area contributed by atoms with E-state index in [0.29, 0.717) is 44.6 Å². The summed E-state index contributed by atoms with van der Waals surface area (Å²) in [6, 6.07) is 10.3. The van der Waals surface area contributed by atoms with E-state index in [-0.39, 0.29) is 17.7 Å². The van der Waals surface area contributed by atoms with Crippen molar-refractivity contribution in [3.05, 3.63) is 47.7 Å². The fraction of sp³-hybridized carbons (Fsp3) is 0.545. The number of anilines is 1. The van der Waals surface area contributed by atoms with E-state index in [1.54, 1.807) is 6.20 Å². The summed E-state index contributed by atoms with van der Waals surface area (Å²) in [6.07, 6.45) is 2.53. The number of hydrogen-bond donors (Lipinski definition) is 1. The highest BCUT2D eigenvalue weighted by Gasteiger charge is 2.44. The van der Waals surface area contributed by atoms with Crippen LogP contribution in [0.2, 0.25) is 0 Å². The van der Waals surface area contributed by atoms with E-state index in [1.807, 2.05) is 22.6 Å². The zero-order chi connectivity index (χ0) is 20.4. The van der Waals surface area contributed by atoms with E-state index in [2.05, 4.69) is 48.5 Å². The first-order valence-electron chi connectivity index (χ1n) is 10.4. The molecule has 156 valence electrons. The van der Waals surface area contributed by atoms with Crippen molar-refractivity contribution in [1.82, 2.24) is 14.7 Å². The van der Waals surface area contributed by atoms with Gasteiger partial charge in [-0.3, -0.25) is 5.32 Å². The number of hydrogen-bond acceptors (Lipinski definition) is 4. The second kappa shape index (κ2) is 8.16. The van der Waals surface area contributed by atoms with Crippen molar-refractivity contribution in [1.29, 1.82) is 0 Å².